The van der Waals surface area contributed by atoms with Gasteiger partial charge in [-0.25, -0.2) is 0 Å². The molecule has 0 rings (SSSR count). The van der Waals surface area contributed by atoms with Gasteiger partial charge in [-0.15, -0.1) is 0 Å². The summed E-state index contributed by atoms with van der Waals surface area (Å²) in [6.45, 7) is 3.89. The molecular formula is C49H82NO8P. The van der Waals surface area contributed by atoms with Crippen molar-refractivity contribution in [3.05, 3.63) is 97.2 Å². The fraction of sp³-hybridized carbons (Fsp3) is 0.633. The van der Waals surface area contributed by atoms with Gasteiger partial charge in [0.2, 0.25) is 0 Å². The number of allylic oxidation sites excluding steroid dienone is 16. The maximum Gasteiger partial charge on any atom is 0.306 e. The molecule has 0 saturated carbocycles. The number of likely N-dealkylation sites (N-methyl/N-ethyl adjacent to an activating group) is 1. The number of hydrogen-bond acceptors (Lipinski definition) is 8. The number of hydrogen-bond donors (Lipinski definition) is 0. The van der Waals surface area contributed by atoms with Crippen molar-refractivity contribution >= 4 is 19.8 Å². The van der Waals surface area contributed by atoms with E-state index in [1.165, 1.54) is 32.1 Å². The van der Waals surface area contributed by atoms with Crippen LogP contribution < -0.4 is 4.89 Å². The van der Waals surface area contributed by atoms with Crippen molar-refractivity contribution in [1.29, 1.82) is 0 Å². The molecule has 2 unspecified atom stereocenters. The van der Waals surface area contributed by atoms with Crippen LogP contribution in [-0.2, 0) is 32.7 Å². The molecule has 2 atom stereocenters. The number of phosphoric ester groups is 1. The molecule has 9 nitrogen and oxygen atoms in total. The van der Waals surface area contributed by atoms with E-state index in [1.54, 1.807) is 0 Å². The van der Waals surface area contributed by atoms with Crippen LogP contribution in [0, 0.1) is 0 Å². The predicted molar refractivity (Wildman–Crippen MR) is 245 cm³/mol. The average molecular weight is 844 g/mol. The van der Waals surface area contributed by atoms with E-state index in [9.17, 15) is 19.0 Å². The monoisotopic (exact) mass is 844 g/mol. The lowest BCUT2D eigenvalue weighted by atomic mass is 10.1. The molecule has 0 amide bonds. The Bertz CT molecular complexity index is 1320. The normalized spacial score (nSPS) is 14.5. The number of unbranched alkanes of at least 4 members (excludes halogenated alkanes) is 12. The molecule has 0 N–H and O–H groups in total. The number of quaternary nitrogens is 1. The third kappa shape index (κ3) is 44.3. The standard InChI is InChI=1S/C49H82NO8P/c1-6-8-10-12-14-16-18-20-21-22-23-24-25-26-27-28-30-31-33-35-37-39-41-48(51)55-45-47(46-57-59(53,54)56-44-43-50(3,4)5)58-49(52)42-40-38-36-34-32-29-19-17-15-13-11-9-7-2/h8-11,13-17,19-21,23-24,29,32,47H,6-7,12,18,22,25-28,30-31,33-46H2,1-5H3/b10-8+,11-9+,15-13+,16-14+,19-17+,21-20+,24-23+,32-29+. The van der Waals surface area contributed by atoms with Crippen LogP contribution in [0.3, 0.4) is 0 Å². The van der Waals surface area contributed by atoms with Gasteiger partial charge in [-0.05, 0) is 70.6 Å². The highest BCUT2D eigenvalue weighted by Gasteiger charge is 2.21. The molecule has 0 bridgehead atoms. The second-order valence-corrected chi connectivity index (χ2v) is 17.2. The summed E-state index contributed by atoms with van der Waals surface area (Å²) in [6.07, 6.45) is 53.0. The summed E-state index contributed by atoms with van der Waals surface area (Å²) in [5.74, 6) is -0.898. The zero-order chi connectivity index (χ0) is 43.6. The van der Waals surface area contributed by atoms with E-state index in [0.29, 0.717) is 23.9 Å². The van der Waals surface area contributed by atoms with Gasteiger partial charge in [0, 0.05) is 12.8 Å². The third-order valence-electron chi connectivity index (χ3n) is 8.94. The van der Waals surface area contributed by atoms with Crippen LogP contribution in [0.25, 0.3) is 0 Å². The van der Waals surface area contributed by atoms with E-state index in [-0.39, 0.29) is 26.1 Å². The first-order valence-corrected chi connectivity index (χ1v) is 24.0. The Hall–Kier alpha value is -3.07. The zero-order valence-electron chi connectivity index (χ0n) is 37.7. The van der Waals surface area contributed by atoms with Crippen molar-refractivity contribution in [2.75, 3.05) is 47.5 Å². The molecule has 0 aromatic carbocycles. The average Bonchev–Trinajstić information content (AvgIpc) is 3.19. The SMILES string of the molecule is CC/C=C/C=C/C=C/C=C/CCCCCC(=O)OC(COC(=O)CCCCCCCCCCC/C=C/C/C=C/C/C=C/C/C=C/CC)COP(=O)([O-])OCC[N+](C)(C)C. The molecule has 10 heteroatoms. The quantitative estimate of drug-likeness (QED) is 0.0150. The maximum absolute atomic E-state index is 12.6. The molecule has 0 aromatic rings. The van der Waals surface area contributed by atoms with E-state index in [2.05, 4.69) is 74.6 Å². The molecule has 0 aromatic heterocycles. The van der Waals surface area contributed by atoms with Crippen LogP contribution in [0.4, 0.5) is 0 Å². The van der Waals surface area contributed by atoms with Crippen LogP contribution in [0.2, 0.25) is 0 Å². The Labute approximate surface area is 360 Å². The summed E-state index contributed by atoms with van der Waals surface area (Å²) >= 11 is 0. The highest BCUT2D eigenvalue weighted by atomic mass is 31.2. The van der Waals surface area contributed by atoms with Gasteiger partial charge in [0.1, 0.15) is 19.8 Å². The van der Waals surface area contributed by atoms with Gasteiger partial charge in [-0.3, -0.25) is 14.2 Å². The number of rotatable bonds is 39. The first kappa shape index (κ1) is 55.9. The minimum Gasteiger partial charge on any atom is -0.756 e. The van der Waals surface area contributed by atoms with Crippen molar-refractivity contribution in [3.8, 4) is 0 Å². The van der Waals surface area contributed by atoms with Gasteiger partial charge in [0.15, 0.2) is 6.10 Å². The molecule has 0 aliphatic heterocycles. The topological polar surface area (TPSA) is 111 Å². The smallest absolute Gasteiger partial charge is 0.306 e. The van der Waals surface area contributed by atoms with Crippen LogP contribution >= 0.6 is 7.82 Å². The number of carbonyl (C=O) groups excluding carboxylic acids is 2. The van der Waals surface area contributed by atoms with Crippen LogP contribution in [0.15, 0.2) is 97.2 Å². The van der Waals surface area contributed by atoms with Gasteiger partial charge < -0.3 is 27.9 Å². The van der Waals surface area contributed by atoms with E-state index in [4.69, 9.17) is 18.5 Å². The summed E-state index contributed by atoms with van der Waals surface area (Å²) in [6, 6.07) is 0. The van der Waals surface area contributed by atoms with Gasteiger partial charge in [-0.2, -0.15) is 0 Å². The molecule has 0 radical (unpaired) electrons. The maximum atomic E-state index is 12.6. The van der Waals surface area contributed by atoms with Gasteiger partial charge in [0.25, 0.3) is 7.82 Å². The van der Waals surface area contributed by atoms with Gasteiger partial charge in [0.05, 0.1) is 27.7 Å². The second kappa shape index (κ2) is 40.3. The molecule has 59 heavy (non-hydrogen) atoms. The minimum atomic E-state index is -4.64. The molecule has 0 aliphatic carbocycles. The van der Waals surface area contributed by atoms with E-state index in [0.717, 1.165) is 77.0 Å². The van der Waals surface area contributed by atoms with E-state index >= 15 is 0 Å². The van der Waals surface area contributed by atoms with Gasteiger partial charge >= 0.3 is 11.9 Å². The minimum absolute atomic E-state index is 0.0455. The number of nitrogens with zero attached hydrogens (tertiary/aromatic N) is 1. The largest absolute Gasteiger partial charge is 0.756 e. The number of esters is 2. The van der Waals surface area contributed by atoms with Crippen LogP contribution in [0.5, 0.6) is 0 Å². The Morgan fingerprint density at radius 1 is 0.542 bits per heavy atom. The highest BCUT2D eigenvalue weighted by molar-refractivity contribution is 7.45. The molecule has 0 fully saturated rings. The summed E-state index contributed by atoms with van der Waals surface area (Å²) in [5.41, 5.74) is 0. The zero-order valence-corrected chi connectivity index (χ0v) is 38.5. The predicted octanol–water partition coefficient (Wildman–Crippen LogP) is 12.3. The van der Waals surface area contributed by atoms with Gasteiger partial charge in [-0.1, -0.05) is 162 Å². The van der Waals surface area contributed by atoms with Crippen molar-refractivity contribution in [2.45, 2.75) is 155 Å². The van der Waals surface area contributed by atoms with Crippen molar-refractivity contribution in [1.82, 2.24) is 0 Å². The van der Waals surface area contributed by atoms with Crippen LogP contribution in [0.1, 0.15) is 149 Å². The fourth-order valence-corrected chi connectivity index (χ4v) is 6.21. The van der Waals surface area contributed by atoms with Crippen LogP contribution in [-0.4, -0.2) is 70.0 Å². The lowest BCUT2D eigenvalue weighted by Crippen LogP contribution is -2.37. The van der Waals surface area contributed by atoms with Crippen molar-refractivity contribution < 1.29 is 42.1 Å². The Kier molecular flexibility index (Phi) is 38.2. The van der Waals surface area contributed by atoms with E-state index in [1.807, 2.05) is 57.6 Å². The first-order chi connectivity index (χ1) is 28.5. The summed E-state index contributed by atoms with van der Waals surface area (Å²) in [5, 5.41) is 0. The molecular weight excluding hydrogens is 762 g/mol. The summed E-state index contributed by atoms with van der Waals surface area (Å²) < 4.78 is 33.8. The Morgan fingerprint density at radius 3 is 1.58 bits per heavy atom. The summed E-state index contributed by atoms with van der Waals surface area (Å²) in [4.78, 5) is 37.5. The molecule has 336 valence electrons. The molecule has 0 aliphatic rings. The fourth-order valence-electron chi connectivity index (χ4n) is 5.48. The second-order valence-electron chi connectivity index (χ2n) is 15.7. The number of ether oxygens (including phenoxy) is 2. The highest BCUT2D eigenvalue weighted by Crippen LogP contribution is 2.38. The Balaban J connectivity index is 4.35. The number of carbonyl (C=O) groups is 2. The first-order valence-electron chi connectivity index (χ1n) is 22.5. The van der Waals surface area contributed by atoms with Crippen molar-refractivity contribution in [2.24, 2.45) is 0 Å². The Morgan fingerprint density at radius 2 is 1.00 bits per heavy atom. The summed E-state index contributed by atoms with van der Waals surface area (Å²) in [7, 11) is 1.12. The van der Waals surface area contributed by atoms with Crippen molar-refractivity contribution in [3.63, 3.8) is 0 Å². The molecule has 0 heterocycles. The molecule has 0 spiro atoms. The molecule has 0 saturated heterocycles. The van der Waals surface area contributed by atoms with E-state index < -0.39 is 32.5 Å². The lowest BCUT2D eigenvalue weighted by Gasteiger charge is -2.28. The third-order valence-corrected chi connectivity index (χ3v) is 9.91. The number of phosphoric acid groups is 1. The lowest BCUT2D eigenvalue weighted by molar-refractivity contribution is -0.870.